The second-order valence-corrected chi connectivity index (χ2v) is 8.24. The standard InChI is InChI=1S/C19H27BrN2O2S/c1-21(18(25)14-6-8-15(20)9-7-14)16-10-11-19(23-2,24-3)17(16)22-12-4-5-13-22/h6-9,16-17H,4-5,10-13H2,1-3H3. The van der Waals surface area contributed by atoms with Gasteiger partial charge in [0.2, 0.25) is 0 Å². The van der Waals surface area contributed by atoms with Gasteiger partial charge in [0.1, 0.15) is 4.99 Å². The summed E-state index contributed by atoms with van der Waals surface area (Å²) in [5, 5.41) is 0. The van der Waals surface area contributed by atoms with Gasteiger partial charge in [-0.3, -0.25) is 4.90 Å². The zero-order valence-corrected chi connectivity index (χ0v) is 17.6. The Morgan fingerprint density at radius 2 is 1.80 bits per heavy atom. The lowest BCUT2D eigenvalue weighted by atomic mass is 10.0. The lowest BCUT2D eigenvalue weighted by Gasteiger charge is -2.43. The molecule has 1 aromatic carbocycles. The van der Waals surface area contributed by atoms with Crippen LogP contribution in [0.3, 0.4) is 0 Å². The summed E-state index contributed by atoms with van der Waals surface area (Å²) < 4.78 is 12.9. The Labute approximate surface area is 164 Å². The number of thiocarbonyl (C=S) groups is 1. The van der Waals surface area contributed by atoms with Crippen molar-refractivity contribution in [2.75, 3.05) is 34.4 Å². The molecule has 0 spiro atoms. The summed E-state index contributed by atoms with van der Waals surface area (Å²) in [7, 11) is 5.64. The molecule has 1 saturated heterocycles. The quantitative estimate of drug-likeness (QED) is 0.528. The van der Waals surface area contributed by atoms with Crippen LogP contribution in [0.15, 0.2) is 28.7 Å². The number of hydrogen-bond acceptors (Lipinski definition) is 4. The Balaban J connectivity index is 1.85. The zero-order valence-electron chi connectivity index (χ0n) is 15.2. The van der Waals surface area contributed by atoms with E-state index in [0.717, 1.165) is 41.0 Å². The molecule has 1 aliphatic carbocycles. The maximum absolute atomic E-state index is 5.91. The molecule has 2 fully saturated rings. The van der Waals surface area contributed by atoms with Gasteiger partial charge in [-0.05, 0) is 44.5 Å². The number of likely N-dealkylation sites (tertiary alicyclic amines) is 1. The smallest absolute Gasteiger partial charge is 0.185 e. The van der Waals surface area contributed by atoms with E-state index >= 15 is 0 Å². The molecule has 1 aromatic rings. The summed E-state index contributed by atoms with van der Waals surface area (Å²) in [6, 6.07) is 8.70. The summed E-state index contributed by atoms with van der Waals surface area (Å²) in [5.41, 5.74) is 1.08. The Kier molecular flexibility index (Phi) is 6.16. The second kappa shape index (κ2) is 8.01. The van der Waals surface area contributed by atoms with Gasteiger partial charge >= 0.3 is 0 Å². The molecule has 2 atom stereocenters. The highest BCUT2D eigenvalue weighted by molar-refractivity contribution is 9.10. The first-order valence-corrected chi connectivity index (χ1v) is 10.1. The third kappa shape index (κ3) is 3.65. The molecule has 0 bridgehead atoms. The van der Waals surface area contributed by atoms with Gasteiger partial charge in [-0.2, -0.15) is 0 Å². The number of halogens is 1. The van der Waals surface area contributed by atoms with Gasteiger partial charge in [-0.1, -0.05) is 40.3 Å². The van der Waals surface area contributed by atoms with Crippen LogP contribution in [-0.2, 0) is 9.47 Å². The Morgan fingerprint density at radius 3 is 2.36 bits per heavy atom. The largest absolute Gasteiger partial charge is 0.361 e. The summed E-state index contributed by atoms with van der Waals surface area (Å²) >= 11 is 9.30. The van der Waals surface area contributed by atoms with E-state index in [4.69, 9.17) is 21.7 Å². The molecule has 2 aliphatic rings. The second-order valence-electron chi connectivity index (χ2n) is 6.94. The Bertz CT molecular complexity index is 600. The number of rotatable bonds is 5. The molecule has 1 aliphatic heterocycles. The molecule has 25 heavy (non-hydrogen) atoms. The van der Waals surface area contributed by atoms with Crippen molar-refractivity contribution in [1.82, 2.24) is 9.80 Å². The lowest BCUT2D eigenvalue weighted by Crippen LogP contribution is -2.58. The predicted octanol–water partition coefficient (Wildman–Crippen LogP) is 3.67. The molecule has 2 unspecified atom stereocenters. The summed E-state index contributed by atoms with van der Waals surface area (Å²) in [6.45, 7) is 2.21. The van der Waals surface area contributed by atoms with Gasteiger partial charge in [0.25, 0.3) is 0 Å². The molecule has 3 rings (SSSR count). The number of nitrogens with zero attached hydrogens (tertiary/aromatic N) is 2. The van der Waals surface area contributed by atoms with Crippen molar-refractivity contribution in [2.24, 2.45) is 0 Å². The van der Waals surface area contributed by atoms with Gasteiger partial charge in [-0.25, -0.2) is 0 Å². The van der Waals surface area contributed by atoms with Gasteiger partial charge in [0.05, 0.1) is 12.1 Å². The third-order valence-electron chi connectivity index (χ3n) is 5.74. The third-order valence-corrected chi connectivity index (χ3v) is 6.79. The normalized spacial score (nSPS) is 26.1. The fourth-order valence-electron chi connectivity index (χ4n) is 4.37. The van der Waals surface area contributed by atoms with Gasteiger partial charge < -0.3 is 14.4 Å². The fraction of sp³-hybridized carbons (Fsp3) is 0.632. The molecule has 4 nitrogen and oxygen atoms in total. The highest BCUT2D eigenvalue weighted by Crippen LogP contribution is 2.41. The molecule has 1 heterocycles. The Hall–Kier alpha value is -0.530. The van der Waals surface area contributed by atoms with E-state index in [-0.39, 0.29) is 12.1 Å². The van der Waals surface area contributed by atoms with E-state index in [1.807, 2.05) is 12.1 Å². The van der Waals surface area contributed by atoms with E-state index in [0.29, 0.717) is 0 Å². The maximum atomic E-state index is 5.91. The SMILES string of the molecule is COC1(OC)CCC(N(C)C(=S)c2ccc(Br)cc2)C1N1CCCC1. The van der Waals surface area contributed by atoms with Crippen LogP contribution in [0.2, 0.25) is 0 Å². The van der Waals surface area contributed by atoms with Gasteiger partial charge in [-0.15, -0.1) is 0 Å². The maximum Gasteiger partial charge on any atom is 0.185 e. The molecule has 0 radical (unpaired) electrons. The number of methoxy groups -OCH3 is 2. The van der Waals surface area contributed by atoms with Crippen molar-refractivity contribution in [3.63, 3.8) is 0 Å². The van der Waals surface area contributed by atoms with Crippen molar-refractivity contribution < 1.29 is 9.47 Å². The van der Waals surface area contributed by atoms with Crippen LogP contribution in [0, 0.1) is 0 Å². The average molecular weight is 427 g/mol. The number of ether oxygens (including phenoxy) is 2. The van der Waals surface area contributed by atoms with Gasteiger partial charge in [0.15, 0.2) is 5.79 Å². The van der Waals surface area contributed by atoms with E-state index in [2.05, 4.69) is 44.9 Å². The summed E-state index contributed by atoms with van der Waals surface area (Å²) in [6.07, 6.45) is 4.39. The topological polar surface area (TPSA) is 24.9 Å². The van der Waals surface area contributed by atoms with Crippen molar-refractivity contribution in [3.05, 3.63) is 34.3 Å². The van der Waals surface area contributed by atoms with Crippen LogP contribution in [-0.4, -0.2) is 67.0 Å². The first-order valence-electron chi connectivity index (χ1n) is 8.89. The highest BCUT2D eigenvalue weighted by Gasteiger charge is 2.54. The molecule has 0 aromatic heterocycles. The summed E-state index contributed by atoms with van der Waals surface area (Å²) in [5.74, 6) is -0.543. The van der Waals surface area contributed by atoms with Crippen molar-refractivity contribution in [3.8, 4) is 0 Å². The first-order chi connectivity index (χ1) is 12.0. The van der Waals surface area contributed by atoms with Crippen molar-refractivity contribution in [1.29, 1.82) is 0 Å². The van der Waals surface area contributed by atoms with E-state index in [1.54, 1.807) is 14.2 Å². The average Bonchev–Trinajstić information content (AvgIpc) is 3.28. The predicted molar refractivity (Wildman–Crippen MR) is 108 cm³/mol. The zero-order chi connectivity index (χ0) is 18.0. The molecule has 1 saturated carbocycles. The van der Waals surface area contributed by atoms with E-state index in [9.17, 15) is 0 Å². The van der Waals surface area contributed by atoms with Crippen LogP contribution in [0.5, 0.6) is 0 Å². The Morgan fingerprint density at radius 1 is 1.20 bits per heavy atom. The molecule has 0 N–H and O–H groups in total. The molecular weight excluding hydrogens is 400 g/mol. The minimum Gasteiger partial charge on any atom is -0.361 e. The molecular formula is C19H27BrN2O2S. The van der Waals surface area contributed by atoms with Crippen LogP contribution in [0.4, 0.5) is 0 Å². The van der Waals surface area contributed by atoms with E-state index in [1.165, 1.54) is 12.8 Å². The monoisotopic (exact) mass is 426 g/mol. The van der Waals surface area contributed by atoms with Crippen LogP contribution < -0.4 is 0 Å². The molecule has 6 heteroatoms. The summed E-state index contributed by atoms with van der Waals surface area (Å²) in [4.78, 5) is 5.66. The van der Waals surface area contributed by atoms with Crippen molar-refractivity contribution in [2.45, 2.75) is 43.6 Å². The van der Waals surface area contributed by atoms with Crippen LogP contribution >= 0.6 is 28.1 Å². The lowest BCUT2D eigenvalue weighted by molar-refractivity contribution is -0.233. The van der Waals surface area contributed by atoms with Crippen molar-refractivity contribution >= 4 is 33.1 Å². The number of hydrogen-bond donors (Lipinski definition) is 0. The van der Waals surface area contributed by atoms with Gasteiger partial charge in [0, 0.05) is 37.7 Å². The minimum absolute atomic E-state index is 0.198. The minimum atomic E-state index is -0.543. The molecule has 138 valence electrons. The van der Waals surface area contributed by atoms with Crippen LogP contribution in [0.1, 0.15) is 31.2 Å². The number of likely N-dealkylation sites (N-methyl/N-ethyl adjacent to an activating group) is 1. The van der Waals surface area contributed by atoms with E-state index < -0.39 is 5.79 Å². The highest BCUT2D eigenvalue weighted by atomic mass is 79.9. The van der Waals surface area contributed by atoms with Crippen LogP contribution in [0.25, 0.3) is 0 Å². The number of benzene rings is 1. The molecule has 0 amide bonds. The fourth-order valence-corrected chi connectivity index (χ4v) is 4.91. The first kappa shape index (κ1) is 19.2.